The SMILES string of the molecule is C[C@]12CCC(=O)C=C1CC[C@H]1[C@@H]2C(=O)C[C@]2(C)[C@H]1CC[C@]2(O)C(=O)COC(=O)CCC(=O)N[C@@H](C(=O)O)c1ccccc1. The molecule has 10 heteroatoms. The molecule has 3 N–H and O–H groups in total. The molecule has 3 fully saturated rings. The van der Waals surface area contributed by atoms with E-state index in [0.717, 1.165) is 18.4 Å². The Bertz CT molecular complexity index is 1390. The minimum Gasteiger partial charge on any atom is -0.479 e. The average molecular weight is 594 g/mol. The Balaban J connectivity index is 1.19. The van der Waals surface area contributed by atoms with E-state index in [-0.39, 0.29) is 60.4 Å². The van der Waals surface area contributed by atoms with E-state index in [1.165, 1.54) is 0 Å². The summed E-state index contributed by atoms with van der Waals surface area (Å²) in [6, 6.07) is 6.88. The van der Waals surface area contributed by atoms with Crippen molar-refractivity contribution in [3.05, 3.63) is 47.5 Å². The summed E-state index contributed by atoms with van der Waals surface area (Å²) in [5.41, 5.74) is -1.79. The van der Waals surface area contributed by atoms with E-state index in [1.54, 1.807) is 43.3 Å². The number of hydrogen-bond acceptors (Lipinski definition) is 8. The third kappa shape index (κ3) is 5.34. The Labute approximate surface area is 250 Å². The summed E-state index contributed by atoms with van der Waals surface area (Å²) in [4.78, 5) is 75.7. The van der Waals surface area contributed by atoms with E-state index in [0.29, 0.717) is 24.8 Å². The average Bonchev–Trinajstić information content (AvgIpc) is 3.24. The molecule has 0 aromatic heterocycles. The van der Waals surface area contributed by atoms with Gasteiger partial charge in [0.25, 0.3) is 0 Å². The second-order valence-electron chi connectivity index (χ2n) is 13.1. The first kappa shape index (κ1) is 30.8. The summed E-state index contributed by atoms with van der Waals surface area (Å²) in [5.74, 6) is -3.61. The van der Waals surface area contributed by atoms with E-state index in [9.17, 15) is 39.0 Å². The molecule has 0 radical (unpaired) electrons. The molecule has 0 heterocycles. The molecule has 4 aliphatic carbocycles. The van der Waals surface area contributed by atoms with Crippen molar-refractivity contribution >= 4 is 35.2 Å². The molecule has 1 aromatic rings. The monoisotopic (exact) mass is 593 g/mol. The normalized spacial score (nSPS) is 33.7. The summed E-state index contributed by atoms with van der Waals surface area (Å²) in [6.07, 6.45) is 4.27. The first-order valence-corrected chi connectivity index (χ1v) is 15.0. The molecule has 3 saturated carbocycles. The lowest BCUT2D eigenvalue weighted by Crippen LogP contribution is -2.61. The van der Waals surface area contributed by atoms with Gasteiger partial charge >= 0.3 is 11.9 Å². The molecule has 5 rings (SSSR count). The number of carboxylic acids is 1. The number of carboxylic acid groups (broad SMARTS) is 1. The van der Waals surface area contributed by atoms with Crippen LogP contribution in [-0.4, -0.2) is 57.6 Å². The van der Waals surface area contributed by atoms with Gasteiger partial charge in [0.2, 0.25) is 11.7 Å². The maximum atomic E-state index is 13.8. The van der Waals surface area contributed by atoms with Crippen molar-refractivity contribution in [3.8, 4) is 0 Å². The lowest BCUT2D eigenvalue weighted by Gasteiger charge is -2.57. The van der Waals surface area contributed by atoms with Crippen LogP contribution in [0.1, 0.15) is 83.2 Å². The van der Waals surface area contributed by atoms with Gasteiger partial charge in [-0.3, -0.25) is 24.0 Å². The lowest BCUT2D eigenvalue weighted by molar-refractivity contribution is -0.173. The molecule has 1 aromatic carbocycles. The number of carbonyl (C=O) groups is 6. The standard InChI is InChI=1S/C33H39NO9/c1-31-14-12-21(35)16-20(31)8-9-22-23-13-15-33(42,32(23,2)17-24(36)28(22)31)25(37)18-43-27(39)11-10-26(38)34-29(30(40)41)19-6-4-3-5-7-19/h3-7,16,22-23,28-29,42H,8-15,17-18H2,1-2H3,(H,34,38)(H,40,41)/t22-,23+,28-,29-,31+,32-,33+/m1/s1. The molecule has 0 spiro atoms. The molecular weight excluding hydrogens is 554 g/mol. The second-order valence-corrected chi connectivity index (χ2v) is 13.1. The lowest BCUT2D eigenvalue weighted by atomic mass is 9.46. The van der Waals surface area contributed by atoms with Gasteiger partial charge in [-0.15, -0.1) is 0 Å². The van der Waals surface area contributed by atoms with E-state index < -0.39 is 47.3 Å². The topological polar surface area (TPSA) is 164 Å². The molecular formula is C33H39NO9. The van der Waals surface area contributed by atoms with Crippen LogP contribution in [0.4, 0.5) is 0 Å². The number of amides is 1. The summed E-state index contributed by atoms with van der Waals surface area (Å²) in [7, 11) is 0. The third-order valence-electron chi connectivity index (χ3n) is 10.9. The molecule has 0 unspecified atom stereocenters. The van der Waals surface area contributed by atoms with Crippen molar-refractivity contribution in [1.82, 2.24) is 5.32 Å². The maximum Gasteiger partial charge on any atom is 0.330 e. The van der Waals surface area contributed by atoms with Crippen molar-refractivity contribution < 1.29 is 43.7 Å². The molecule has 43 heavy (non-hydrogen) atoms. The highest BCUT2D eigenvalue weighted by Gasteiger charge is 2.68. The highest BCUT2D eigenvalue weighted by atomic mass is 16.5. The van der Waals surface area contributed by atoms with Crippen LogP contribution in [0.3, 0.4) is 0 Å². The van der Waals surface area contributed by atoms with Gasteiger partial charge in [-0.05, 0) is 61.0 Å². The Morgan fingerprint density at radius 3 is 2.44 bits per heavy atom. The number of nitrogens with one attached hydrogen (secondary N) is 1. The number of carbonyl (C=O) groups excluding carboxylic acids is 5. The Morgan fingerprint density at radius 1 is 1.02 bits per heavy atom. The number of hydrogen-bond donors (Lipinski definition) is 3. The Hall–Kier alpha value is -3.66. The molecule has 7 atom stereocenters. The number of aliphatic hydroxyl groups is 1. The van der Waals surface area contributed by atoms with Crippen LogP contribution in [0.15, 0.2) is 42.0 Å². The number of aliphatic carboxylic acids is 1. The van der Waals surface area contributed by atoms with Crippen molar-refractivity contribution in [2.75, 3.05) is 6.61 Å². The zero-order valence-corrected chi connectivity index (χ0v) is 24.6. The quantitative estimate of drug-likeness (QED) is 0.365. The van der Waals surface area contributed by atoms with E-state index in [4.69, 9.17) is 4.74 Å². The van der Waals surface area contributed by atoms with Gasteiger partial charge in [-0.25, -0.2) is 4.79 Å². The van der Waals surface area contributed by atoms with Crippen LogP contribution in [0.25, 0.3) is 0 Å². The fourth-order valence-electron chi connectivity index (χ4n) is 8.57. The van der Waals surface area contributed by atoms with E-state index in [1.807, 2.05) is 0 Å². The highest BCUT2D eigenvalue weighted by Crippen LogP contribution is 2.66. The Morgan fingerprint density at radius 2 is 1.74 bits per heavy atom. The number of ketones is 3. The van der Waals surface area contributed by atoms with Gasteiger partial charge in [-0.2, -0.15) is 0 Å². The van der Waals surface area contributed by atoms with Crippen LogP contribution >= 0.6 is 0 Å². The Kier molecular flexibility index (Phi) is 8.19. The van der Waals surface area contributed by atoms with Gasteiger partial charge in [0.15, 0.2) is 18.4 Å². The molecule has 0 aliphatic heterocycles. The zero-order valence-electron chi connectivity index (χ0n) is 24.6. The van der Waals surface area contributed by atoms with Gasteiger partial charge in [0.1, 0.15) is 11.4 Å². The first-order valence-electron chi connectivity index (χ1n) is 15.0. The second kappa shape index (κ2) is 11.4. The van der Waals surface area contributed by atoms with Crippen LogP contribution in [0.2, 0.25) is 0 Å². The largest absolute Gasteiger partial charge is 0.479 e. The molecule has 10 nitrogen and oxygen atoms in total. The van der Waals surface area contributed by atoms with Crippen LogP contribution in [-0.2, 0) is 33.5 Å². The summed E-state index contributed by atoms with van der Waals surface area (Å²) >= 11 is 0. The number of fused-ring (bicyclic) bond motifs is 5. The van der Waals surface area contributed by atoms with Gasteiger partial charge < -0.3 is 20.3 Å². The fourth-order valence-corrected chi connectivity index (χ4v) is 8.57. The zero-order chi connectivity index (χ0) is 31.2. The van der Waals surface area contributed by atoms with Crippen molar-refractivity contribution in [3.63, 3.8) is 0 Å². The summed E-state index contributed by atoms with van der Waals surface area (Å²) in [6.45, 7) is 3.20. The van der Waals surface area contributed by atoms with Crippen molar-refractivity contribution in [2.45, 2.75) is 83.3 Å². The fraction of sp³-hybridized carbons (Fsp3) is 0.576. The van der Waals surface area contributed by atoms with Crippen molar-refractivity contribution in [1.29, 1.82) is 0 Å². The molecule has 4 aliphatic rings. The van der Waals surface area contributed by atoms with E-state index in [2.05, 4.69) is 12.2 Å². The van der Waals surface area contributed by atoms with Gasteiger partial charge in [0.05, 0.1) is 6.42 Å². The predicted octanol–water partition coefficient (Wildman–Crippen LogP) is 3.26. The van der Waals surface area contributed by atoms with Crippen LogP contribution in [0.5, 0.6) is 0 Å². The summed E-state index contributed by atoms with van der Waals surface area (Å²) in [5, 5.41) is 23.6. The maximum absolute atomic E-state index is 13.8. The molecule has 0 bridgehead atoms. The van der Waals surface area contributed by atoms with Crippen molar-refractivity contribution in [2.24, 2.45) is 28.6 Å². The minimum absolute atomic E-state index is 0.00463. The number of Topliss-reactive ketones (excluding diaryl/α,β-unsaturated/α-hetero) is 2. The van der Waals surface area contributed by atoms with Crippen LogP contribution < -0.4 is 5.32 Å². The number of allylic oxidation sites excluding steroid dienone is 1. The van der Waals surface area contributed by atoms with Crippen LogP contribution in [0, 0.1) is 28.6 Å². The van der Waals surface area contributed by atoms with E-state index >= 15 is 0 Å². The highest BCUT2D eigenvalue weighted by molar-refractivity contribution is 5.95. The molecule has 230 valence electrons. The smallest absolute Gasteiger partial charge is 0.330 e. The molecule has 1 amide bonds. The third-order valence-corrected chi connectivity index (χ3v) is 10.9. The predicted molar refractivity (Wildman–Crippen MR) is 152 cm³/mol. The summed E-state index contributed by atoms with van der Waals surface area (Å²) < 4.78 is 5.15. The van der Waals surface area contributed by atoms with Gasteiger partial charge in [-0.1, -0.05) is 49.8 Å². The number of benzene rings is 1. The molecule has 0 saturated heterocycles. The van der Waals surface area contributed by atoms with Gasteiger partial charge in [0, 0.05) is 30.6 Å². The number of esters is 1. The first-order chi connectivity index (χ1) is 20.3. The minimum atomic E-state index is -1.83. The number of rotatable bonds is 9. The number of ether oxygens (including phenoxy) is 1.